The Kier molecular flexibility index (Phi) is 6.95. The van der Waals surface area contributed by atoms with Gasteiger partial charge in [0.25, 0.3) is 0 Å². The van der Waals surface area contributed by atoms with Gasteiger partial charge in [-0.1, -0.05) is 6.07 Å². The molecule has 1 amide bonds. The molecule has 1 N–H and O–H groups in total. The second-order valence-corrected chi connectivity index (χ2v) is 11.2. The maximum absolute atomic E-state index is 12.1. The van der Waals surface area contributed by atoms with Crippen LogP contribution in [-0.4, -0.2) is 60.0 Å². The molecule has 8 nitrogen and oxygen atoms in total. The summed E-state index contributed by atoms with van der Waals surface area (Å²) in [6.07, 6.45) is 8.06. The molecule has 32 heavy (non-hydrogen) atoms. The molecule has 1 atom stereocenters. The number of benzene rings is 1. The Labute approximate surface area is 191 Å². The van der Waals surface area contributed by atoms with E-state index in [1.54, 1.807) is 30.8 Å². The molecule has 0 radical (unpaired) electrons. The molecule has 1 aromatic carbocycles. The number of nitrogens with zero attached hydrogens (tertiary/aromatic N) is 3. The Bertz CT molecular complexity index is 1060. The third kappa shape index (κ3) is 6.93. The van der Waals surface area contributed by atoms with E-state index in [9.17, 15) is 9.00 Å². The molecule has 2 fully saturated rings. The predicted octanol–water partition coefficient (Wildman–Crippen LogP) is 3.60. The summed E-state index contributed by atoms with van der Waals surface area (Å²) in [5.41, 5.74) is 1.04. The van der Waals surface area contributed by atoms with E-state index in [1.807, 2.05) is 24.3 Å². The second-order valence-electron chi connectivity index (χ2n) is 8.68. The van der Waals surface area contributed by atoms with Gasteiger partial charge in [-0.15, -0.1) is 0 Å². The number of carbonyl (C=O) groups is 1. The first-order chi connectivity index (χ1) is 15.3. The van der Waals surface area contributed by atoms with Crippen LogP contribution in [0.2, 0.25) is 0 Å². The third-order valence-electron chi connectivity index (χ3n) is 5.29. The molecular formula is C23H32N4O4S. The molecule has 1 saturated heterocycles. The molecule has 9 heteroatoms. The highest BCUT2D eigenvalue weighted by atomic mass is 32.2. The van der Waals surface area contributed by atoms with Gasteiger partial charge in [-0.25, -0.2) is 9.19 Å². The Hall–Kier alpha value is -2.65. The average Bonchev–Trinajstić information content (AvgIpc) is 3.44. The lowest BCUT2D eigenvalue weighted by atomic mass is 10.2. The van der Waals surface area contributed by atoms with Gasteiger partial charge in [0, 0.05) is 54.6 Å². The first kappa shape index (κ1) is 22.5. The minimum Gasteiger partial charge on any atom is -0.456 e. The SMILES string of the molecule is CS(C)(=O)=Nc1ccc(Oc2cccc(N3CC[C@H](NC(=O)COCC4CC4)C3)c2)cn1.[HH]. The number of aromatic nitrogens is 1. The van der Waals surface area contributed by atoms with Crippen LogP contribution in [0.25, 0.3) is 0 Å². The molecule has 0 spiro atoms. The molecule has 1 aliphatic heterocycles. The van der Waals surface area contributed by atoms with E-state index in [0.29, 0.717) is 29.8 Å². The van der Waals surface area contributed by atoms with Crippen molar-refractivity contribution in [1.29, 1.82) is 0 Å². The fourth-order valence-corrected chi connectivity index (χ4v) is 4.14. The van der Waals surface area contributed by atoms with Crippen LogP contribution in [0, 0.1) is 5.92 Å². The summed E-state index contributed by atoms with van der Waals surface area (Å²) in [5, 5.41) is 3.07. The minimum atomic E-state index is -2.25. The molecule has 2 aliphatic rings. The monoisotopic (exact) mass is 460 g/mol. The first-order valence-electron chi connectivity index (χ1n) is 10.9. The van der Waals surface area contributed by atoms with Crippen LogP contribution in [0.15, 0.2) is 47.0 Å². The van der Waals surface area contributed by atoms with Crippen LogP contribution in [0.4, 0.5) is 11.5 Å². The van der Waals surface area contributed by atoms with Crippen molar-refractivity contribution >= 4 is 27.1 Å². The third-order valence-corrected chi connectivity index (χ3v) is 5.92. The van der Waals surface area contributed by atoms with Crippen molar-refractivity contribution in [2.75, 3.05) is 43.7 Å². The van der Waals surface area contributed by atoms with Gasteiger partial charge in [0.15, 0.2) is 5.82 Å². The highest BCUT2D eigenvalue weighted by molar-refractivity contribution is 7.92. The second kappa shape index (κ2) is 9.87. The maximum atomic E-state index is 12.1. The quantitative estimate of drug-likeness (QED) is 0.615. The van der Waals surface area contributed by atoms with Gasteiger partial charge >= 0.3 is 0 Å². The van der Waals surface area contributed by atoms with E-state index in [1.165, 1.54) is 12.8 Å². The summed E-state index contributed by atoms with van der Waals surface area (Å²) in [7, 11) is -2.25. The number of ether oxygens (including phenoxy) is 2. The molecule has 1 saturated carbocycles. The molecule has 174 valence electrons. The Balaban J connectivity index is 0.00000306. The number of amides is 1. The average molecular weight is 461 g/mol. The zero-order valence-electron chi connectivity index (χ0n) is 18.5. The number of carbonyl (C=O) groups excluding carboxylic acids is 1. The normalized spacial score (nSPS) is 18.4. The zero-order chi connectivity index (χ0) is 22.6. The van der Waals surface area contributed by atoms with Crippen molar-refractivity contribution in [2.45, 2.75) is 25.3 Å². The van der Waals surface area contributed by atoms with E-state index in [2.05, 4.69) is 19.6 Å². The van der Waals surface area contributed by atoms with Crippen molar-refractivity contribution in [2.24, 2.45) is 10.3 Å². The number of anilines is 1. The number of nitrogens with one attached hydrogen (secondary N) is 1. The summed E-state index contributed by atoms with van der Waals surface area (Å²) >= 11 is 0. The Morgan fingerprint density at radius 3 is 2.81 bits per heavy atom. The number of hydrogen-bond acceptors (Lipinski definition) is 7. The zero-order valence-corrected chi connectivity index (χ0v) is 19.3. The maximum Gasteiger partial charge on any atom is 0.246 e. The van der Waals surface area contributed by atoms with Crippen LogP contribution < -0.4 is 15.0 Å². The van der Waals surface area contributed by atoms with E-state index < -0.39 is 9.73 Å². The smallest absolute Gasteiger partial charge is 0.246 e. The molecule has 2 heterocycles. The van der Waals surface area contributed by atoms with Gasteiger partial charge in [-0.2, -0.15) is 4.36 Å². The van der Waals surface area contributed by atoms with Gasteiger partial charge in [-0.3, -0.25) is 4.79 Å². The highest BCUT2D eigenvalue weighted by Gasteiger charge is 2.25. The topological polar surface area (TPSA) is 93.1 Å². The fraction of sp³-hybridized carbons (Fsp3) is 0.478. The highest BCUT2D eigenvalue weighted by Crippen LogP contribution is 2.29. The van der Waals surface area contributed by atoms with Gasteiger partial charge < -0.3 is 19.7 Å². The summed E-state index contributed by atoms with van der Waals surface area (Å²) in [5.74, 6) is 2.32. The summed E-state index contributed by atoms with van der Waals surface area (Å²) in [6.45, 7) is 2.46. The molecule has 1 aromatic heterocycles. The van der Waals surface area contributed by atoms with Gasteiger partial charge in [0.1, 0.15) is 18.1 Å². The van der Waals surface area contributed by atoms with Crippen molar-refractivity contribution in [3.8, 4) is 11.5 Å². The number of pyridine rings is 1. The van der Waals surface area contributed by atoms with Crippen LogP contribution in [-0.2, 0) is 19.3 Å². The summed E-state index contributed by atoms with van der Waals surface area (Å²) < 4.78 is 27.3. The van der Waals surface area contributed by atoms with Crippen molar-refractivity contribution < 1.29 is 19.9 Å². The van der Waals surface area contributed by atoms with Gasteiger partial charge in [0.05, 0.1) is 12.8 Å². The predicted molar refractivity (Wildman–Crippen MR) is 127 cm³/mol. The lowest BCUT2D eigenvalue weighted by Crippen LogP contribution is -2.39. The molecular weight excluding hydrogens is 428 g/mol. The summed E-state index contributed by atoms with van der Waals surface area (Å²) in [6, 6.07) is 11.4. The molecule has 1 aliphatic carbocycles. The van der Waals surface area contributed by atoms with Gasteiger partial charge in [-0.05, 0) is 49.4 Å². The van der Waals surface area contributed by atoms with Crippen LogP contribution >= 0.6 is 0 Å². The first-order valence-corrected chi connectivity index (χ1v) is 13.2. The van der Waals surface area contributed by atoms with E-state index >= 15 is 0 Å². The van der Waals surface area contributed by atoms with Crippen LogP contribution in [0.1, 0.15) is 20.7 Å². The lowest BCUT2D eigenvalue weighted by Gasteiger charge is -2.20. The largest absolute Gasteiger partial charge is 0.456 e. The van der Waals surface area contributed by atoms with Crippen LogP contribution in [0.5, 0.6) is 11.5 Å². The van der Waals surface area contributed by atoms with Crippen molar-refractivity contribution in [3.63, 3.8) is 0 Å². The Morgan fingerprint density at radius 2 is 2.09 bits per heavy atom. The van der Waals surface area contributed by atoms with E-state index in [4.69, 9.17) is 9.47 Å². The van der Waals surface area contributed by atoms with E-state index in [0.717, 1.165) is 25.2 Å². The lowest BCUT2D eigenvalue weighted by molar-refractivity contribution is -0.126. The van der Waals surface area contributed by atoms with Crippen LogP contribution in [0.3, 0.4) is 0 Å². The van der Waals surface area contributed by atoms with Crippen molar-refractivity contribution in [1.82, 2.24) is 10.3 Å². The minimum absolute atomic E-state index is 0. The standard InChI is InChI=1S/C23H30N4O4S.H2/c1-32(2,29)26-22-9-8-21(13-24-22)31-20-5-3-4-19(12-20)27-11-10-18(14-27)25-23(28)16-30-15-17-6-7-17;/h3-5,8-9,12-13,17-18H,6-7,10-11,14-16H2,1-2H3,(H,25,28);1H/t18-;/m0./s1. The Morgan fingerprint density at radius 1 is 1.25 bits per heavy atom. The number of hydrogen-bond donors (Lipinski definition) is 1. The summed E-state index contributed by atoms with van der Waals surface area (Å²) in [4.78, 5) is 18.5. The molecule has 4 rings (SSSR count). The van der Waals surface area contributed by atoms with Gasteiger partial charge in [0.2, 0.25) is 5.91 Å². The fourth-order valence-electron chi connectivity index (χ4n) is 3.58. The number of rotatable bonds is 9. The molecule has 0 unspecified atom stereocenters. The van der Waals surface area contributed by atoms with Crippen molar-refractivity contribution in [3.05, 3.63) is 42.6 Å². The molecule has 2 aromatic rings. The van der Waals surface area contributed by atoms with E-state index in [-0.39, 0.29) is 20.0 Å². The molecule has 0 bridgehead atoms.